The van der Waals surface area contributed by atoms with Crippen molar-refractivity contribution in [3.05, 3.63) is 28.8 Å². The van der Waals surface area contributed by atoms with Crippen molar-refractivity contribution in [1.29, 1.82) is 0 Å². The normalized spacial score (nSPS) is 9.80. The summed E-state index contributed by atoms with van der Waals surface area (Å²) >= 11 is 5.59. The zero-order valence-corrected chi connectivity index (χ0v) is 6.10. The Bertz CT molecular complexity index is 237. The third-order valence-corrected chi connectivity index (χ3v) is 1.55. The SMILES string of the molecule is NCc1ccc(O)c(Cl)c1. The maximum absolute atomic E-state index is 8.97. The molecule has 0 radical (unpaired) electrons. The fraction of sp³-hybridized carbons (Fsp3) is 0.143. The molecule has 0 atom stereocenters. The molecule has 0 aliphatic heterocycles. The van der Waals surface area contributed by atoms with Gasteiger partial charge in [-0.2, -0.15) is 0 Å². The van der Waals surface area contributed by atoms with E-state index in [0.717, 1.165) is 5.56 Å². The number of nitrogens with two attached hydrogens (primary N) is 1. The van der Waals surface area contributed by atoms with E-state index in [2.05, 4.69) is 0 Å². The van der Waals surface area contributed by atoms with Gasteiger partial charge in [-0.05, 0) is 17.7 Å². The van der Waals surface area contributed by atoms with E-state index in [1.54, 1.807) is 12.1 Å². The van der Waals surface area contributed by atoms with Gasteiger partial charge in [-0.25, -0.2) is 0 Å². The van der Waals surface area contributed by atoms with Gasteiger partial charge in [0, 0.05) is 6.54 Å². The lowest BCUT2D eigenvalue weighted by atomic mass is 10.2. The van der Waals surface area contributed by atoms with Crippen LogP contribution in [0.15, 0.2) is 18.2 Å². The van der Waals surface area contributed by atoms with Crippen LogP contribution in [0.1, 0.15) is 5.56 Å². The molecule has 2 nitrogen and oxygen atoms in total. The lowest BCUT2D eigenvalue weighted by Gasteiger charge is -1.98. The van der Waals surface area contributed by atoms with Crippen molar-refractivity contribution < 1.29 is 5.11 Å². The Balaban J connectivity index is 3.04. The molecule has 0 fully saturated rings. The van der Waals surface area contributed by atoms with Gasteiger partial charge in [0.25, 0.3) is 0 Å². The highest BCUT2D eigenvalue weighted by atomic mass is 35.5. The third-order valence-electron chi connectivity index (χ3n) is 1.25. The molecular weight excluding hydrogens is 150 g/mol. The van der Waals surface area contributed by atoms with E-state index in [-0.39, 0.29) is 5.75 Å². The first-order valence-corrected chi connectivity index (χ1v) is 3.29. The van der Waals surface area contributed by atoms with Crippen LogP contribution in [-0.4, -0.2) is 5.11 Å². The van der Waals surface area contributed by atoms with Crippen LogP contribution in [0.5, 0.6) is 5.75 Å². The van der Waals surface area contributed by atoms with Crippen molar-refractivity contribution in [2.24, 2.45) is 5.73 Å². The molecular formula is C7H8ClNO. The quantitative estimate of drug-likeness (QED) is 0.649. The van der Waals surface area contributed by atoms with Crippen molar-refractivity contribution in [2.75, 3.05) is 0 Å². The Hall–Kier alpha value is -0.730. The number of phenols is 1. The first-order valence-electron chi connectivity index (χ1n) is 2.91. The van der Waals surface area contributed by atoms with Gasteiger partial charge in [0.05, 0.1) is 5.02 Å². The van der Waals surface area contributed by atoms with Crippen molar-refractivity contribution in [1.82, 2.24) is 0 Å². The van der Waals surface area contributed by atoms with Gasteiger partial charge in [0.2, 0.25) is 0 Å². The standard InChI is InChI=1S/C7H8ClNO/c8-6-3-5(4-9)1-2-7(6)10/h1-3,10H,4,9H2. The topological polar surface area (TPSA) is 46.2 Å². The molecule has 0 bridgehead atoms. The minimum Gasteiger partial charge on any atom is -0.506 e. The van der Waals surface area contributed by atoms with Gasteiger partial charge in [-0.15, -0.1) is 0 Å². The third kappa shape index (κ3) is 1.40. The largest absolute Gasteiger partial charge is 0.506 e. The summed E-state index contributed by atoms with van der Waals surface area (Å²) in [7, 11) is 0. The molecule has 3 N–H and O–H groups in total. The summed E-state index contributed by atoms with van der Waals surface area (Å²) in [5.74, 6) is 0.0962. The van der Waals surface area contributed by atoms with Gasteiger partial charge in [-0.3, -0.25) is 0 Å². The predicted molar refractivity (Wildman–Crippen MR) is 41.0 cm³/mol. The van der Waals surface area contributed by atoms with Gasteiger partial charge in [0.1, 0.15) is 5.75 Å². The van der Waals surface area contributed by atoms with E-state index in [1.807, 2.05) is 0 Å². The van der Waals surface area contributed by atoms with Crippen molar-refractivity contribution in [3.8, 4) is 5.75 Å². The Morgan fingerprint density at radius 3 is 2.70 bits per heavy atom. The zero-order chi connectivity index (χ0) is 7.56. The lowest BCUT2D eigenvalue weighted by molar-refractivity contribution is 0.475. The zero-order valence-electron chi connectivity index (χ0n) is 5.34. The fourth-order valence-electron chi connectivity index (χ4n) is 0.677. The molecule has 54 valence electrons. The first kappa shape index (κ1) is 7.38. The number of aromatic hydroxyl groups is 1. The number of rotatable bonds is 1. The van der Waals surface area contributed by atoms with E-state index in [9.17, 15) is 0 Å². The molecule has 3 heteroatoms. The van der Waals surface area contributed by atoms with Crippen LogP contribution < -0.4 is 5.73 Å². The number of hydrogen-bond donors (Lipinski definition) is 2. The second-order valence-corrected chi connectivity index (χ2v) is 2.40. The number of hydrogen-bond acceptors (Lipinski definition) is 2. The second-order valence-electron chi connectivity index (χ2n) is 1.99. The van der Waals surface area contributed by atoms with Gasteiger partial charge >= 0.3 is 0 Å². The second kappa shape index (κ2) is 2.90. The maximum atomic E-state index is 8.97. The van der Waals surface area contributed by atoms with Crippen molar-refractivity contribution >= 4 is 11.6 Å². The predicted octanol–water partition coefficient (Wildman–Crippen LogP) is 1.50. The van der Waals surface area contributed by atoms with Crippen LogP contribution in [0, 0.1) is 0 Å². The highest BCUT2D eigenvalue weighted by molar-refractivity contribution is 6.32. The molecule has 0 aliphatic rings. The number of benzene rings is 1. The highest BCUT2D eigenvalue weighted by Crippen LogP contribution is 2.23. The van der Waals surface area contributed by atoms with Crippen LogP contribution in [0.3, 0.4) is 0 Å². The Morgan fingerprint density at radius 2 is 2.20 bits per heavy atom. The van der Waals surface area contributed by atoms with E-state index >= 15 is 0 Å². The van der Waals surface area contributed by atoms with Crippen LogP contribution in [-0.2, 0) is 6.54 Å². The summed E-state index contributed by atoms with van der Waals surface area (Å²) in [6.07, 6.45) is 0. The highest BCUT2D eigenvalue weighted by Gasteiger charge is 1.96. The summed E-state index contributed by atoms with van der Waals surface area (Å²) in [6.45, 7) is 0.444. The molecule has 0 heterocycles. The fourth-order valence-corrected chi connectivity index (χ4v) is 0.881. The summed E-state index contributed by atoms with van der Waals surface area (Å²) in [6, 6.07) is 4.92. The van der Waals surface area contributed by atoms with Gasteiger partial charge in [-0.1, -0.05) is 17.7 Å². The number of halogens is 1. The summed E-state index contributed by atoms with van der Waals surface area (Å²) in [4.78, 5) is 0. The Morgan fingerprint density at radius 1 is 1.50 bits per heavy atom. The lowest BCUT2D eigenvalue weighted by Crippen LogP contribution is -1.94. The molecule has 0 aromatic heterocycles. The molecule has 0 saturated heterocycles. The summed E-state index contributed by atoms with van der Waals surface area (Å²) < 4.78 is 0. The minimum atomic E-state index is 0.0962. The Labute approximate surface area is 64.2 Å². The van der Waals surface area contributed by atoms with Crippen LogP contribution in [0.2, 0.25) is 5.02 Å². The minimum absolute atomic E-state index is 0.0962. The maximum Gasteiger partial charge on any atom is 0.134 e. The molecule has 1 aromatic rings. The van der Waals surface area contributed by atoms with Crippen LogP contribution in [0.4, 0.5) is 0 Å². The molecule has 0 aliphatic carbocycles. The molecule has 0 amide bonds. The summed E-state index contributed by atoms with van der Waals surface area (Å²) in [5, 5.41) is 9.32. The molecule has 10 heavy (non-hydrogen) atoms. The molecule has 1 aromatic carbocycles. The van der Waals surface area contributed by atoms with Crippen molar-refractivity contribution in [2.45, 2.75) is 6.54 Å². The van der Waals surface area contributed by atoms with E-state index < -0.39 is 0 Å². The van der Waals surface area contributed by atoms with Crippen molar-refractivity contribution in [3.63, 3.8) is 0 Å². The molecule has 0 spiro atoms. The molecule has 0 saturated carbocycles. The van der Waals surface area contributed by atoms with Gasteiger partial charge < -0.3 is 10.8 Å². The van der Waals surface area contributed by atoms with E-state index in [4.69, 9.17) is 22.4 Å². The van der Waals surface area contributed by atoms with Crippen LogP contribution >= 0.6 is 11.6 Å². The van der Waals surface area contributed by atoms with Gasteiger partial charge in [0.15, 0.2) is 0 Å². The van der Waals surface area contributed by atoms with Crippen LogP contribution in [0.25, 0.3) is 0 Å². The smallest absolute Gasteiger partial charge is 0.134 e. The first-order chi connectivity index (χ1) is 4.74. The number of phenolic OH excluding ortho intramolecular Hbond substituents is 1. The Kier molecular flexibility index (Phi) is 2.14. The van der Waals surface area contributed by atoms with E-state index in [0.29, 0.717) is 11.6 Å². The summed E-state index contributed by atoms with van der Waals surface area (Å²) in [5.41, 5.74) is 6.25. The molecule has 1 rings (SSSR count). The van der Waals surface area contributed by atoms with E-state index in [1.165, 1.54) is 6.07 Å². The monoisotopic (exact) mass is 157 g/mol. The average molecular weight is 158 g/mol. The average Bonchev–Trinajstić information content (AvgIpc) is 1.95. The molecule has 0 unspecified atom stereocenters.